The van der Waals surface area contributed by atoms with Crippen LogP contribution >= 0.6 is 0 Å². The zero-order valence-electron chi connectivity index (χ0n) is 10.5. The number of hydrogen-bond donors (Lipinski definition) is 1. The maximum atomic E-state index is 3.89. The number of hydrogen-bond acceptors (Lipinski definition) is 3. The van der Waals surface area contributed by atoms with Gasteiger partial charge in [-0.1, -0.05) is 0 Å². The van der Waals surface area contributed by atoms with E-state index in [-0.39, 0.29) is 0 Å². The van der Waals surface area contributed by atoms with E-state index in [0.717, 1.165) is 18.1 Å². The third-order valence-electron chi connectivity index (χ3n) is 4.68. The maximum absolute atomic E-state index is 3.89. The van der Waals surface area contributed by atoms with E-state index in [0.29, 0.717) is 0 Å². The van der Waals surface area contributed by atoms with Gasteiger partial charge < -0.3 is 15.1 Å². The molecule has 3 heteroatoms. The van der Waals surface area contributed by atoms with Crippen LogP contribution in [0.25, 0.3) is 0 Å². The molecule has 3 atom stereocenters. The van der Waals surface area contributed by atoms with Crippen molar-refractivity contribution in [2.24, 2.45) is 0 Å². The van der Waals surface area contributed by atoms with Gasteiger partial charge in [-0.05, 0) is 58.8 Å². The van der Waals surface area contributed by atoms with Gasteiger partial charge in [0.1, 0.15) is 0 Å². The minimum Gasteiger partial charge on any atom is -0.310 e. The van der Waals surface area contributed by atoms with Crippen molar-refractivity contribution in [3.8, 4) is 0 Å². The Morgan fingerprint density at radius 2 is 1.88 bits per heavy atom. The predicted molar refractivity (Wildman–Crippen MR) is 66.7 cm³/mol. The molecule has 3 aliphatic rings. The van der Waals surface area contributed by atoms with E-state index in [9.17, 15) is 0 Å². The third kappa shape index (κ3) is 2.27. The highest BCUT2D eigenvalue weighted by Gasteiger charge is 2.33. The molecule has 16 heavy (non-hydrogen) atoms. The minimum atomic E-state index is 0.767. The Labute approximate surface area is 99.2 Å². The molecule has 0 radical (unpaired) electrons. The zero-order chi connectivity index (χ0) is 11.0. The fourth-order valence-electron chi connectivity index (χ4n) is 3.78. The van der Waals surface area contributed by atoms with E-state index in [2.05, 4.69) is 22.2 Å². The first kappa shape index (κ1) is 11.0. The second kappa shape index (κ2) is 4.63. The number of rotatable bonds is 2. The van der Waals surface area contributed by atoms with Crippen LogP contribution < -0.4 is 5.32 Å². The summed E-state index contributed by atoms with van der Waals surface area (Å²) in [5.41, 5.74) is 0. The lowest BCUT2D eigenvalue weighted by atomic mass is 9.97. The summed E-state index contributed by atoms with van der Waals surface area (Å²) in [4.78, 5) is 5.15. The van der Waals surface area contributed by atoms with Crippen LogP contribution in [0.3, 0.4) is 0 Å². The van der Waals surface area contributed by atoms with Crippen molar-refractivity contribution in [1.29, 1.82) is 0 Å². The van der Waals surface area contributed by atoms with Gasteiger partial charge in [0.05, 0.1) is 0 Å². The normalized spacial score (nSPS) is 41.4. The number of nitrogens with one attached hydrogen (secondary N) is 1. The SMILES string of the molecule is CN1CCC(NC2CCN3CCCC3C2)C1. The van der Waals surface area contributed by atoms with Gasteiger partial charge in [0.25, 0.3) is 0 Å². The number of likely N-dealkylation sites (tertiary alicyclic amines) is 1. The first-order valence-corrected chi connectivity index (χ1v) is 7.00. The molecule has 3 saturated heterocycles. The van der Waals surface area contributed by atoms with Crippen molar-refractivity contribution >= 4 is 0 Å². The summed E-state index contributed by atoms with van der Waals surface area (Å²) >= 11 is 0. The van der Waals surface area contributed by atoms with E-state index in [4.69, 9.17) is 0 Å². The summed E-state index contributed by atoms with van der Waals surface area (Å²) < 4.78 is 0. The molecule has 0 bridgehead atoms. The Morgan fingerprint density at radius 3 is 2.69 bits per heavy atom. The van der Waals surface area contributed by atoms with Crippen LogP contribution in [0.15, 0.2) is 0 Å². The van der Waals surface area contributed by atoms with Gasteiger partial charge in [0.15, 0.2) is 0 Å². The van der Waals surface area contributed by atoms with Gasteiger partial charge in [-0.25, -0.2) is 0 Å². The van der Waals surface area contributed by atoms with E-state index in [1.807, 2.05) is 0 Å². The van der Waals surface area contributed by atoms with Gasteiger partial charge in [-0.3, -0.25) is 0 Å². The van der Waals surface area contributed by atoms with Crippen molar-refractivity contribution in [1.82, 2.24) is 15.1 Å². The molecule has 3 unspecified atom stereocenters. The molecule has 3 rings (SSSR count). The minimum absolute atomic E-state index is 0.767. The lowest BCUT2D eigenvalue weighted by Gasteiger charge is -2.36. The lowest BCUT2D eigenvalue weighted by molar-refractivity contribution is 0.161. The number of piperidine rings is 1. The van der Waals surface area contributed by atoms with Crippen molar-refractivity contribution in [2.45, 2.75) is 50.2 Å². The summed E-state index contributed by atoms with van der Waals surface area (Å²) in [5, 5.41) is 3.89. The van der Waals surface area contributed by atoms with Gasteiger partial charge in [-0.2, -0.15) is 0 Å². The average Bonchev–Trinajstić information content (AvgIpc) is 2.87. The molecule has 3 nitrogen and oxygen atoms in total. The monoisotopic (exact) mass is 223 g/mol. The fourth-order valence-corrected chi connectivity index (χ4v) is 3.78. The fraction of sp³-hybridized carbons (Fsp3) is 1.00. The standard InChI is InChI=1S/C13H25N3/c1-15-7-4-12(10-15)14-11-5-8-16-6-2-3-13(16)9-11/h11-14H,2-10H2,1H3. The van der Waals surface area contributed by atoms with Crippen molar-refractivity contribution in [3.05, 3.63) is 0 Å². The highest BCUT2D eigenvalue weighted by Crippen LogP contribution is 2.27. The first-order valence-electron chi connectivity index (χ1n) is 7.00. The predicted octanol–water partition coefficient (Wildman–Crippen LogP) is 0.907. The summed E-state index contributed by atoms with van der Waals surface area (Å²) in [5.74, 6) is 0. The zero-order valence-corrected chi connectivity index (χ0v) is 10.5. The quantitative estimate of drug-likeness (QED) is 0.750. The summed E-state index contributed by atoms with van der Waals surface area (Å²) in [7, 11) is 2.24. The third-order valence-corrected chi connectivity index (χ3v) is 4.68. The Kier molecular flexibility index (Phi) is 3.18. The smallest absolute Gasteiger partial charge is 0.0209 e. The Balaban J connectivity index is 1.49. The molecule has 0 aromatic rings. The van der Waals surface area contributed by atoms with Gasteiger partial charge in [0.2, 0.25) is 0 Å². The maximum Gasteiger partial charge on any atom is 0.0209 e. The topological polar surface area (TPSA) is 18.5 Å². The van der Waals surface area contributed by atoms with Crippen LogP contribution in [-0.2, 0) is 0 Å². The number of likely N-dealkylation sites (N-methyl/N-ethyl adjacent to an activating group) is 1. The largest absolute Gasteiger partial charge is 0.310 e. The van der Waals surface area contributed by atoms with Crippen LogP contribution in [0.5, 0.6) is 0 Å². The highest BCUT2D eigenvalue weighted by atomic mass is 15.2. The molecule has 0 aromatic heterocycles. The molecule has 3 fully saturated rings. The Hall–Kier alpha value is -0.120. The van der Waals surface area contributed by atoms with Crippen molar-refractivity contribution < 1.29 is 0 Å². The van der Waals surface area contributed by atoms with Crippen LogP contribution in [0.1, 0.15) is 32.1 Å². The van der Waals surface area contributed by atoms with Crippen molar-refractivity contribution in [3.63, 3.8) is 0 Å². The van der Waals surface area contributed by atoms with Crippen LogP contribution in [0, 0.1) is 0 Å². The Bertz CT molecular complexity index is 243. The molecule has 0 aromatic carbocycles. The number of nitrogens with zero attached hydrogens (tertiary/aromatic N) is 2. The summed E-state index contributed by atoms with van der Waals surface area (Å²) in [6.07, 6.45) is 7.00. The lowest BCUT2D eigenvalue weighted by Crippen LogP contribution is -2.49. The highest BCUT2D eigenvalue weighted by molar-refractivity contribution is 4.91. The van der Waals surface area contributed by atoms with Crippen LogP contribution in [0.4, 0.5) is 0 Å². The average molecular weight is 223 g/mol. The van der Waals surface area contributed by atoms with Crippen LogP contribution in [0.2, 0.25) is 0 Å². The molecule has 0 amide bonds. The molecular formula is C13H25N3. The molecule has 0 spiro atoms. The van der Waals surface area contributed by atoms with Crippen molar-refractivity contribution in [2.75, 3.05) is 33.2 Å². The molecule has 92 valence electrons. The second-order valence-corrected chi connectivity index (χ2v) is 5.97. The molecule has 0 aliphatic carbocycles. The molecular weight excluding hydrogens is 198 g/mol. The van der Waals surface area contributed by atoms with E-state index in [1.54, 1.807) is 0 Å². The molecule has 3 heterocycles. The summed E-state index contributed by atoms with van der Waals surface area (Å²) in [6.45, 7) is 5.24. The number of fused-ring (bicyclic) bond motifs is 1. The molecule has 0 saturated carbocycles. The molecule has 1 N–H and O–H groups in total. The first-order chi connectivity index (χ1) is 7.81. The summed E-state index contributed by atoms with van der Waals surface area (Å²) in [6, 6.07) is 2.48. The molecule has 3 aliphatic heterocycles. The van der Waals surface area contributed by atoms with Gasteiger partial charge >= 0.3 is 0 Å². The van der Waals surface area contributed by atoms with Gasteiger partial charge in [0, 0.05) is 24.7 Å². The van der Waals surface area contributed by atoms with Gasteiger partial charge in [-0.15, -0.1) is 0 Å². The van der Waals surface area contributed by atoms with Crippen LogP contribution in [-0.4, -0.2) is 61.2 Å². The second-order valence-electron chi connectivity index (χ2n) is 5.97. The van der Waals surface area contributed by atoms with E-state index in [1.165, 1.54) is 58.3 Å². The Morgan fingerprint density at radius 1 is 1.00 bits per heavy atom. The van der Waals surface area contributed by atoms with E-state index >= 15 is 0 Å². The van der Waals surface area contributed by atoms with E-state index < -0.39 is 0 Å².